The van der Waals surface area contributed by atoms with E-state index in [1.807, 2.05) is 0 Å². The number of ether oxygens (including phenoxy) is 3. The van der Waals surface area contributed by atoms with Crippen LogP contribution in [0.5, 0.6) is 5.75 Å². The molecule has 0 bridgehead atoms. The lowest BCUT2D eigenvalue weighted by molar-refractivity contribution is -0.136. The molecule has 1 fully saturated rings. The second-order valence-electron chi connectivity index (χ2n) is 5.82. The number of esters is 1. The monoisotopic (exact) mass is 350 g/mol. The molecule has 0 radical (unpaired) electrons. The van der Waals surface area contributed by atoms with Gasteiger partial charge in [-0.25, -0.2) is 18.0 Å². The lowest BCUT2D eigenvalue weighted by Gasteiger charge is -2.31. The smallest absolute Gasteiger partial charge is 0.434 e. The van der Waals surface area contributed by atoms with Crippen LogP contribution in [0.2, 0.25) is 0 Å². The number of rotatable bonds is 4. The summed E-state index contributed by atoms with van der Waals surface area (Å²) in [5.74, 6) is -9.33. The van der Waals surface area contributed by atoms with Crippen molar-refractivity contribution < 1.29 is 41.4 Å². The minimum atomic E-state index is -1.92. The van der Waals surface area contributed by atoms with Gasteiger partial charge in [0.2, 0.25) is 11.6 Å². The Morgan fingerprint density at radius 2 is 1.67 bits per heavy atom. The predicted octanol–water partition coefficient (Wildman–Crippen LogP) is 3.41. The highest BCUT2D eigenvalue weighted by Crippen LogP contribution is 2.31. The third-order valence-corrected chi connectivity index (χ3v) is 3.67. The highest BCUT2D eigenvalue weighted by Gasteiger charge is 2.34. The molecule has 1 aromatic rings. The van der Waals surface area contributed by atoms with E-state index in [0.717, 1.165) is 6.92 Å². The highest BCUT2D eigenvalue weighted by atomic mass is 19.2. The van der Waals surface area contributed by atoms with E-state index in [1.54, 1.807) is 6.92 Å². The summed E-state index contributed by atoms with van der Waals surface area (Å²) in [6.07, 6.45) is -0.990. The Bertz CT molecular complexity index is 650. The minimum Gasteiger partial charge on any atom is -0.434 e. The Hall–Kier alpha value is -2.32. The molecule has 1 saturated heterocycles. The van der Waals surface area contributed by atoms with Crippen LogP contribution in [-0.4, -0.2) is 25.3 Å². The SMILES string of the molecule is Cc1c(F)c(F)c(F)c(OC(=O)CCC2(C)COC(=O)OC2)c1F. The number of halogens is 4. The summed E-state index contributed by atoms with van der Waals surface area (Å²) < 4.78 is 67.7. The molecule has 0 spiro atoms. The van der Waals surface area contributed by atoms with Crippen molar-refractivity contribution in [3.63, 3.8) is 0 Å². The summed E-state index contributed by atoms with van der Waals surface area (Å²) >= 11 is 0. The van der Waals surface area contributed by atoms with Crippen molar-refractivity contribution in [1.82, 2.24) is 0 Å². The van der Waals surface area contributed by atoms with Gasteiger partial charge in [-0.2, -0.15) is 4.39 Å². The fourth-order valence-corrected chi connectivity index (χ4v) is 2.08. The maximum Gasteiger partial charge on any atom is 0.508 e. The molecule has 1 aromatic carbocycles. The third kappa shape index (κ3) is 3.60. The van der Waals surface area contributed by atoms with Crippen LogP contribution in [0.15, 0.2) is 0 Å². The van der Waals surface area contributed by atoms with Gasteiger partial charge in [0.05, 0.1) is 0 Å². The van der Waals surface area contributed by atoms with Crippen LogP contribution in [0.25, 0.3) is 0 Å². The van der Waals surface area contributed by atoms with Crippen molar-refractivity contribution in [2.24, 2.45) is 5.41 Å². The molecule has 0 aliphatic carbocycles. The molecular weight excluding hydrogens is 336 g/mol. The topological polar surface area (TPSA) is 61.8 Å². The van der Waals surface area contributed by atoms with Gasteiger partial charge in [-0.3, -0.25) is 4.79 Å². The molecule has 0 amide bonds. The van der Waals surface area contributed by atoms with Crippen LogP contribution in [-0.2, 0) is 14.3 Å². The largest absolute Gasteiger partial charge is 0.508 e. The van der Waals surface area contributed by atoms with E-state index >= 15 is 0 Å². The average molecular weight is 350 g/mol. The third-order valence-electron chi connectivity index (χ3n) is 3.67. The molecule has 9 heteroatoms. The van der Waals surface area contributed by atoms with Crippen LogP contribution in [0.3, 0.4) is 0 Å². The number of cyclic esters (lactones) is 2. The molecule has 1 aliphatic rings. The molecule has 1 aliphatic heterocycles. The summed E-state index contributed by atoms with van der Waals surface area (Å²) in [6.45, 7) is 2.58. The first-order valence-corrected chi connectivity index (χ1v) is 6.97. The van der Waals surface area contributed by atoms with Gasteiger partial charge in [0, 0.05) is 17.4 Å². The Balaban J connectivity index is 2.04. The number of benzene rings is 1. The van der Waals surface area contributed by atoms with Crippen LogP contribution in [0, 0.1) is 35.6 Å². The van der Waals surface area contributed by atoms with E-state index in [4.69, 9.17) is 9.47 Å². The molecule has 0 saturated carbocycles. The second-order valence-corrected chi connectivity index (χ2v) is 5.82. The van der Waals surface area contributed by atoms with Crippen molar-refractivity contribution in [2.75, 3.05) is 13.2 Å². The zero-order valence-electron chi connectivity index (χ0n) is 12.9. The second kappa shape index (κ2) is 6.66. The molecule has 132 valence electrons. The maximum absolute atomic E-state index is 13.8. The first-order valence-electron chi connectivity index (χ1n) is 6.97. The Kier molecular flexibility index (Phi) is 5.00. The van der Waals surface area contributed by atoms with Gasteiger partial charge in [-0.05, 0) is 13.3 Å². The Morgan fingerprint density at radius 3 is 2.25 bits per heavy atom. The van der Waals surface area contributed by atoms with E-state index in [-0.39, 0.29) is 26.1 Å². The molecule has 2 rings (SSSR count). The highest BCUT2D eigenvalue weighted by molar-refractivity contribution is 5.72. The van der Waals surface area contributed by atoms with E-state index in [0.29, 0.717) is 0 Å². The van der Waals surface area contributed by atoms with Crippen LogP contribution < -0.4 is 4.74 Å². The molecule has 1 heterocycles. The number of carbonyl (C=O) groups is 2. The Labute approximate surface area is 134 Å². The van der Waals surface area contributed by atoms with Gasteiger partial charge in [-0.1, -0.05) is 6.92 Å². The summed E-state index contributed by atoms with van der Waals surface area (Å²) in [7, 11) is 0. The van der Waals surface area contributed by atoms with Gasteiger partial charge < -0.3 is 14.2 Å². The summed E-state index contributed by atoms with van der Waals surface area (Å²) in [4.78, 5) is 22.6. The standard InChI is InChI=1S/C15H14F4O5/c1-7-9(16)11(18)12(19)13(10(7)17)24-8(20)3-4-15(2)5-22-14(21)23-6-15/h3-6H2,1-2H3. The average Bonchev–Trinajstić information content (AvgIpc) is 2.56. The van der Waals surface area contributed by atoms with Gasteiger partial charge in [-0.15, -0.1) is 0 Å². The lowest BCUT2D eigenvalue weighted by Crippen LogP contribution is -2.37. The van der Waals surface area contributed by atoms with E-state index in [9.17, 15) is 27.2 Å². The van der Waals surface area contributed by atoms with Crippen molar-refractivity contribution in [3.05, 3.63) is 28.8 Å². The number of hydrogen-bond acceptors (Lipinski definition) is 5. The zero-order chi connectivity index (χ0) is 18.1. The molecular formula is C15H14F4O5. The van der Waals surface area contributed by atoms with Crippen molar-refractivity contribution in [1.29, 1.82) is 0 Å². The number of carbonyl (C=O) groups excluding carboxylic acids is 2. The minimum absolute atomic E-state index is 0.00607. The van der Waals surface area contributed by atoms with Crippen LogP contribution in [0.1, 0.15) is 25.3 Å². The molecule has 0 aromatic heterocycles. The summed E-state index contributed by atoms with van der Waals surface area (Å²) in [5.41, 5.74) is -1.47. The van der Waals surface area contributed by atoms with Gasteiger partial charge in [0.15, 0.2) is 17.5 Å². The molecule has 24 heavy (non-hydrogen) atoms. The van der Waals surface area contributed by atoms with Gasteiger partial charge in [0.1, 0.15) is 13.2 Å². The van der Waals surface area contributed by atoms with Crippen molar-refractivity contribution in [3.8, 4) is 5.75 Å². The quantitative estimate of drug-likeness (QED) is 0.274. The lowest BCUT2D eigenvalue weighted by atomic mass is 9.87. The summed E-state index contributed by atoms with van der Waals surface area (Å²) in [6, 6.07) is 0. The zero-order valence-corrected chi connectivity index (χ0v) is 12.9. The first-order chi connectivity index (χ1) is 11.1. The fourth-order valence-electron chi connectivity index (χ4n) is 2.08. The number of hydrogen-bond donors (Lipinski definition) is 0. The normalized spacial score (nSPS) is 16.3. The van der Waals surface area contributed by atoms with Crippen molar-refractivity contribution in [2.45, 2.75) is 26.7 Å². The maximum atomic E-state index is 13.8. The van der Waals surface area contributed by atoms with Gasteiger partial charge >= 0.3 is 12.1 Å². The van der Waals surface area contributed by atoms with Gasteiger partial charge in [0.25, 0.3) is 0 Å². The molecule has 5 nitrogen and oxygen atoms in total. The Morgan fingerprint density at radius 1 is 1.08 bits per heavy atom. The summed E-state index contributed by atoms with van der Waals surface area (Å²) in [5, 5.41) is 0. The predicted molar refractivity (Wildman–Crippen MR) is 71.3 cm³/mol. The van der Waals surface area contributed by atoms with E-state index in [2.05, 4.69) is 4.74 Å². The first kappa shape index (κ1) is 18.0. The van der Waals surface area contributed by atoms with Crippen LogP contribution >= 0.6 is 0 Å². The van der Waals surface area contributed by atoms with E-state index < -0.39 is 52.1 Å². The van der Waals surface area contributed by atoms with Crippen molar-refractivity contribution >= 4 is 12.1 Å². The van der Waals surface area contributed by atoms with Crippen LogP contribution in [0.4, 0.5) is 22.4 Å². The molecule has 0 atom stereocenters. The molecule has 0 N–H and O–H groups in total. The fraction of sp³-hybridized carbons (Fsp3) is 0.467. The van der Waals surface area contributed by atoms with E-state index in [1.165, 1.54) is 0 Å². The molecule has 0 unspecified atom stereocenters.